The van der Waals surface area contributed by atoms with Crippen LogP contribution < -0.4 is 0 Å². The zero-order valence-corrected chi connectivity index (χ0v) is 7.13. The number of terminal acetylenes is 1. The minimum atomic E-state index is -0.423. The van der Waals surface area contributed by atoms with Crippen molar-refractivity contribution in [1.82, 2.24) is 4.98 Å². The lowest BCUT2D eigenvalue weighted by Crippen LogP contribution is -2.15. The van der Waals surface area contributed by atoms with Gasteiger partial charge in [0, 0.05) is 0 Å². The van der Waals surface area contributed by atoms with Gasteiger partial charge in [-0.15, -0.1) is 6.42 Å². The van der Waals surface area contributed by atoms with Gasteiger partial charge in [0.05, 0.1) is 17.3 Å². The minimum Gasteiger partial charge on any atom is -0.257 e. The van der Waals surface area contributed by atoms with E-state index >= 15 is 0 Å². The third-order valence-electron chi connectivity index (χ3n) is 1.73. The Hall–Kier alpha value is -1.36. The maximum Gasteiger partial charge on any atom is 0.141 e. The molecule has 0 fully saturated rings. The van der Waals surface area contributed by atoms with Crippen LogP contribution in [0.15, 0.2) is 18.3 Å². The van der Waals surface area contributed by atoms with Crippen LogP contribution in [-0.2, 0) is 5.41 Å². The van der Waals surface area contributed by atoms with Gasteiger partial charge in [-0.25, -0.2) is 4.39 Å². The van der Waals surface area contributed by atoms with E-state index in [-0.39, 0.29) is 5.82 Å². The van der Waals surface area contributed by atoms with Crippen LogP contribution in [0.5, 0.6) is 0 Å². The molecule has 1 aromatic heterocycles. The summed E-state index contributed by atoms with van der Waals surface area (Å²) >= 11 is 0. The molecule has 0 saturated heterocycles. The Morgan fingerprint density at radius 1 is 1.50 bits per heavy atom. The van der Waals surface area contributed by atoms with Crippen molar-refractivity contribution in [1.29, 1.82) is 0 Å². The summed E-state index contributed by atoms with van der Waals surface area (Å²) in [7, 11) is 0. The summed E-state index contributed by atoms with van der Waals surface area (Å²) in [6.45, 7) is 3.74. The van der Waals surface area contributed by atoms with E-state index in [0.29, 0.717) is 5.69 Å². The van der Waals surface area contributed by atoms with Gasteiger partial charge in [0.25, 0.3) is 0 Å². The molecule has 0 aliphatic rings. The highest BCUT2D eigenvalue weighted by atomic mass is 19.1. The molecule has 2 heteroatoms. The summed E-state index contributed by atoms with van der Waals surface area (Å²) in [6, 6.07) is 2.97. The van der Waals surface area contributed by atoms with Crippen LogP contribution in [-0.4, -0.2) is 4.98 Å². The van der Waals surface area contributed by atoms with Crippen LogP contribution in [0.3, 0.4) is 0 Å². The Bertz CT molecular complexity index is 306. The van der Waals surface area contributed by atoms with Gasteiger partial charge in [-0.3, -0.25) is 4.98 Å². The summed E-state index contributed by atoms with van der Waals surface area (Å²) in [5.41, 5.74) is 0.291. The molecule has 1 rings (SSSR count). The quantitative estimate of drug-likeness (QED) is 0.578. The summed E-state index contributed by atoms with van der Waals surface area (Å²) in [5, 5.41) is 0. The van der Waals surface area contributed by atoms with Gasteiger partial charge in [-0.2, -0.15) is 0 Å². The highest BCUT2D eigenvalue weighted by molar-refractivity contribution is 5.25. The van der Waals surface area contributed by atoms with Crippen LogP contribution in [0.25, 0.3) is 0 Å². The predicted molar refractivity (Wildman–Crippen MR) is 46.1 cm³/mol. The molecule has 0 atom stereocenters. The molecule has 0 aliphatic carbocycles. The van der Waals surface area contributed by atoms with E-state index in [0.717, 1.165) is 0 Å². The Labute approximate surface area is 71.6 Å². The molecule has 0 aliphatic heterocycles. The highest BCUT2D eigenvalue weighted by Gasteiger charge is 2.18. The fourth-order valence-corrected chi connectivity index (χ4v) is 0.819. The molecule has 1 aromatic rings. The number of halogens is 1. The smallest absolute Gasteiger partial charge is 0.141 e. The Balaban J connectivity index is 3.07. The van der Waals surface area contributed by atoms with Crippen molar-refractivity contribution < 1.29 is 4.39 Å². The van der Waals surface area contributed by atoms with E-state index in [1.165, 1.54) is 12.3 Å². The Kier molecular flexibility index (Phi) is 2.14. The third kappa shape index (κ3) is 1.62. The van der Waals surface area contributed by atoms with Gasteiger partial charge in [-0.05, 0) is 26.0 Å². The van der Waals surface area contributed by atoms with Crippen molar-refractivity contribution in [3.63, 3.8) is 0 Å². The van der Waals surface area contributed by atoms with Crippen molar-refractivity contribution in [3.8, 4) is 12.3 Å². The lowest BCUT2D eigenvalue weighted by Gasteiger charge is -2.15. The second-order valence-corrected chi connectivity index (χ2v) is 3.13. The van der Waals surface area contributed by atoms with Crippen LogP contribution in [0.1, 0.15) is 19.5 Å². The van der Waals surface area contributed by atoms with Gasteiger partial charge in [-0.1, -0.05) is 5.92 Å². The molecule has 0 saturated carbocycles. The van der Waals surface area contributed by atoms with E-state index in [2.05, 4.69) is 10.9 Å². The van der Waals surface area contributed by atoms with E-state index in [1.54, 1.807) is 6.07 Å². The van der Waals surface area contributed by atoms with E-state index in [4.69, 9.17) is 6.42 Å². The van der Waals surface area contributed by atoms with Crippen molar-refractivity contribution in [2.75, 3.05) is 0 Å². The SMILES string of the molecule is C#CC(C)(C)c1ccc(F)cn1. The molecule has 1 nitrogen and oxygen atoms in total. The zero-order chi connectivity index (χ0) is 9.19. The van der Waals surface area contributed by atoms with Gasteiger partial charge < -0.3 is 0 Å². The third-order valence-corrected chi connectivity index (χ3v) is 1.73. The van der Waals surface area contributed by atoms with Crippen molar-refractivity contribution in [3.05, 3.63) is 29.8 Å². The van der Waals surface area contributed by atoms with E-state index in [1.807, 2.05) is 13.8 Å². The molecule has 0 unspecified atom stereocenters. The monoisotopic (exact) mass is 163 g/mol. The minimum absolute atomic E-state index is 0.341. The fourth-order valence-electron chi connectivity index (χ4n) is 0.819. The van der Waals surface area contributed by atoms with Crippen LogP contribution in [0.4, 0.5) is 4.39 Å². The van der Waals surface area contributed by atoms with Gasteiger partial charge in [0.2, 0.25) is 0 Å². The van der Waals surface area contributed by atoms with Crippen molar-refractivity contribution in [2.24, 2.45) is 0 Å². The highest BCUT2D eigenvalue weighted by Crippen LogP contribution is 2.19. The topological polar surface area (TPSA) is 12.9 Å². The second-order valence-electron chi connectivity index (χ2n) is 3.13. The molecule has 12 heavy (non-hydrogen) atoms. The summed E-state index contributed by atoms with van der Waals surface area (Å²) in [6.07, 6.45) is 6.47. The van der Waals surface area contributed by atoms with Gasteiger partial charge >= 0.3 is 0 Å². The first kappa shape index (κ1) is 8.73. The molecule has 0 N–H and O–H groups in total. The number of hydrogen-bond donors (Lipinski definition) is 0. The standard InChI is InChI=1S/C10H10FN/c1-4-10(2,3)9-6-5-8(11)7-12-9/h1,5-7H,2-3H3. The van der Waals surface area contributed by atoms with E-state index < -0.39 is 5.41 Å². The number of pyridine rings is 1. The maximum atomic E-state index is 12.5. The molecular formula is C10H10FN. The Morgan fingerprint density at radius 2 is 2.17 bits per heavy atom. The summed E-state index contributed by atoms with van der Waals surface area (Å²) < 4.78 is 12.5. The first-order valence-corrected chi connectivity index (χ1v) is 3.66. The lowest BCUT2D eigenvalue weighted by molar-refractivity contribution is 0.607. The normalized spacial score (nSPS) is 10.8. The number of rotatable bonds is 1. The molecule has 0 bridgehead atoms. The average molecular weight is 163 g/mol. The first-order valence-electron chi connectivity index (χ1n) is 3.66. The predicted octanol–water partition coefficient (Wildman–Crippen LogP) is 2.13. The fraction of sp³-hybridized carbons (Fsp3) is 0.300. The average Bonchev–Trinajstić information content (AvgIpc) is 2.05. The molecule has 62 valence electrons. The summed E-state index contributed by atoms with van der Waals surface area (Å²) in [4.78, 5) is 3.90. The number of hydrogen-bond acceptors (Lipinski definition) is 1. The molecule has 1 heterocycles. The van der Waals surface area contributed by atoms with Crippen LogP contribution >= 0.6 is 0 Å². The molecule has 0 spiro atoms. The van der Waals surface area contributed by atoms with Crippen LogP contribution in [0, 0.1) is 18.2 Å². The van der Waals surface area contributed by atoms with E-state index in [9.17, 15) is 4.39 Å². The van der Waals surface area contributed by atoms with Crippen LogP contribution in [0.2, 0.25) is 0 Å². The largest absolute Gasteiger partial charge is 0.257 e. The molecule has 0 radical (unpaired) electrons. The summed E-state index contributed by atoms with van der Waals surface area (Å²) in [5.74, 6) is 2.25. The van der Waals surface area contributed by atoms with Gasteiger partial charge in [0.15, 0.2) is 0 Å². The number of aromatic nitrogens is 1. The molecule has 0 amide bonds. The molecular weight excluding hydrogens is 153 g/mol. The van der Waals surface area contributed by atoms with Crippen molar-refractivity contribution >= 4 is 0 Å². The van der Waals surface area contributed by atoms with Crippen molar-refractivity contribution in [2.45, 2.75) is 19.3 Å². The second kappa shape index (κ2) is 2.94. The lowest BCUT2D eigenvalue weighted by atomic mass is 9.90. The van der Waals surface area contributed by atoms with Gasteiger partial charge in [0.1, 0.15) is 5.82 Å². The number of nitrogens with zero attached hydrogens (tertiary/aromatic N) is 1. The molecule has 0 aromatic carbocycles. The first-order chi connectivity index (χ1) is 5.56. The zero-order valence-electron chi connectivity index (χ0n) is 7.13. The Morgan fingerprint density at radius 3 is 2.58 bits per heavy atom. The maximum absolute atomic E-state index is 12.5.